The third kappa shape index (κ3) is 3.06. The zero-order chi connectivity index (χ0) is 20.7. The van der Waals surface area contributed by atoms with Crippen molar-refractivity contribution in [2.45, 2.75) is 6.54 Å². The van der Waals surface area contributed by atoms with Crippen LogP contribution in [0, 0.1) is 5.82 Å². The highest BCUT2D eigenvalue weighted by molar-refractivity contribution is 6.10. The molecule has 5 rings (SSSR count). The molecule has 0 aliphatic rings. The summed E-state index contributed by atoms with van der Waals surface area (Å²) in [6.07, 6.45) is 1.96. The standard InChI is InChI=1S/C23H19FN6/c24-16-6-8-17(9-7-16)30(14-15-4-2-1-3-5-15)29-13-12-18-20(29)11-10-19-21(18)22(25)28-23(26)27-19/h1-13H,14H2,(H4,25,26,27,28). The molecule has 6 nitrogen and oxygen atoms in total. The van der Waals surface area contributed by atoms with E-state index in [1.54, 1.807) is 12.1 Å². The summed E-state index contributed by atoms with van der Waals surface area (Å²) in [5.41, 5.74) is 15.5. The van der Waals surface area contributed by atoms with Gasteiger partial charge in [-0.1, -0.05) is 30.3 Å². The van der Waals surface area contributed by atoms with E-state index in [-0.39, 0.29) is 11.8 Å². The lowest BCUT2D eigenvalue weighted by molar-refractivity contribution is 0.626. The van der Waals surface area contributed by atoms with Crippen LogP contribution in [0.2, 0.25) is 0 Å². The maximum Gasteiger partial charge on any atom is 0.222 e. The third-order valence-corrected chi connectivity index (χ3v) is 5.12. The number of nitrogens with two attached hydrogens (primary N) is 2. The van der Waals surface area contributed by atoms with Gasteiger partial charge in [-0.05, 0) is 48.0 Å². The molecule has 0 radical (unpaired) electrons. The molecule has 0 aliphatic carbocycles. The Labute approximate surface area is 172 Å². The van der Waals surface area contributed by atoms with Crippen LogP contribution in [0.25, 0.3) is 21.8 Å². The maximum atomic E-state index is 13.6. The van der Waals surface area contributed by atoms with Gasteiger partial charge in [0.25, 0.3) is 0 Å². The van der Waals surface area contributed by atoms with Crippen LogP contribution in [0.15, 0.2) is 79.0 Å². The first-order chi connectivity index (χ1) is 14.6. The summed E-state index contributed by atoms with van der Waals surface area (Å²) in [6, 6.07) is 22.4. The van der Waals surface area contributed by atoms with Gasteiger partial charge in [0.05, 0.1) is 28.7 Å². The normalized spacial score (nSPS) is 11.2. The number of rotatable bonds is 4. The first kappa shape index (κ1) is 17.9. The number of nitrogens with zero attached hydrogens (tertiary/aromatic N) is 4. The molecule has 30 heavy (non-hydrogen) atoms. The van der Waals surface area contributed by atoms with Crippen molar-refractivity contribution in [3.8, 4) is 0 Å². The quantitative estimate of drug-likeness (QED) is 0.470. The van der Waals surface area contributed by atoms with Crippen LogP contribution in [-0.2, 0) is 6.54 Å². The van der Waals surface area contributed by atoms with Crippen molar-refractivity contribution in [1.82, 2.24) is 14.6 Å². The summed E-state index contributed by atoms with van der Waals surface area (Å²) in [5.74, 6) is 0.220. The lowest BCUT2D eigenvalue weighted by Gasteiger charge is -2.27. The van der Waals surface area contributed by atoms with E-state index in [1.807, 2.05) is 47.3 Å². The van der Waals surface area contributed by atoms with Crippen molar-refractivity contribution in [2.75, 3.05) is 16.5 Å². The van der Waals surface area contributed by atoms with E-state index in [0.29, 0.717) is 17.9 Å². The van der Waals surface area contributed by atoms with Gasteiger partial charge in [0.15, 0.2) is 0 Å². The van der Waals surface area contributed by atoms with Crippen molar-refractivity contribution in [2.24, 2.45) is 0 Å². The fourth-order valence-electron chi connectivity index (χ4n) is 3.75. The van der Waals surface area contributed by atoms with Crippen molar-refractivity contribution in [3.05, 3.63) is 90.4 Å². The first-order valence-electron chi connectivity index (χ1n) is 9.50. The Morgan fingerprint density at radius 3 is 2.40 bits per heavy atom. The molecule has 0 amide bonds. The van der Waals surface area contributed by atoms with Crippen LogP contribution in [-0.4, -0.2) is 14.6 Å². The van der Waals surface area contributed by atoms with Crippen LogP contribution in [0.5, 0.6) is 0 Å². The Hall–Kier alpha value is -4.13. The zero-order valence-electron chi connectivity index (χ0n) is 16.0. The fourth-order valence-corrected chi connectivity index (χ4v) is 3.75. The number of benzene rings is 3. The second kappa shape index (κ2) is 7.04. The molecular formula is C23H19FN6. The minimum Gasteiger partial charge on any atom is -0.383 e. The Morgan fingerprint density at radius 1 is 0.867 bits per heavy atom. The Balaban J connectivity index is 1.70. The Bertz CT molecular complexity index is 1350. The van der Waals surface area contributed by atoms with E-state index < -0.39 is 0 Å². The average molecular weight is 398 g/mol. The second-order valence-corrected chi connectivity index (χ2v) is 7.04. The van der Waals surface area contributed by atoms with Gasteiger partial charge >= 0.3 is 0 Å². The van der Waals surface area contributed by atoms with E-state index in [2.05, 4.69) is 27.1 Å². The van der Waals surface area contributed by atoms with E-state index in [4.69, 9.17) is 11.5 Å². The molecule has 7 heteroatoms. The topological polar surface area (TPSA) is 86.0 Å². The molecule has 0 saturated heterocycles. The molecule has 3 aromatic carbocycles. The van der Waals surface area contributed by atoms with Gasteiger partial charge in [-0.2, -0.15) is 4.98 Å². The molecule has 0 bridgehead atoms. The van der Waals surface area contributed by atoms with Crippen LogP contribution in [0.1, 0.15) is 5.56 Å². The molecule has 0 spiro atoms. The summed E-state index contributed by atoms with van der Waals surface area (Å²) < 4.78 is 15.6. The SMILES string of the molecule is Nc1nc(N)c2c(ccc3c2ccn3N(Cc2ccccc2)c2ccc(F)cc2)n1. The minimum absolute atomic E-state index is 0.149. The molecule has 4 N–H and O–H groups in total. The predicted molar refractivity (Wildman–Crippen MR) is 118 cm³/mol. The van der Waals surface area contributed by atoms with Crippen LogP contribution in [0.3, 0.4) is 0 Å². The Kier molecular flexibility index (Phi) is 4.21. The highest BCUT2D eigenvalue weighted by Crippen LogP contribution is 2.31. The summed E-state index contributed by atoms with van der Waals surface area (Å²) in [4.78, 5) is 8.42. The molecule has 0 fully saturated rings. The monoisotopic (exact) mass is 398 g/mol. The van der Waals surface area contributed by atoms with Gasteiger partial charge < -0.3 is 11.5 Å². The van der Waals surface area contributed by atoms with Gasteiger partial charge in [-0.15, -0.1) is 0 Å². The first-order valence-corrected chi connectivity index (χ1v) is 9.50. The smallest absolute Gasteiger partial charge is 0.222 e. The molecule has 2 heterocycles. The lowest BCUT2D eigenvalue weighted by Crippen LogP contribution is -2.28. The molecule has 148 valence electrons. The lowest BCUT2D eigenvalue weighted by atomic mass is 10.1. The number of hydrogen-bond acceptors (Lipinski definition) is 5. The zero-order valence-corrected chi connectivity index (χ0v) is 16.0. The van der Waals surface area contributed by atoms with E-state index in [0.717, 1.165) is 27.5 Å². The van der Waals surface area contributed by atoms with Gasteiger partial charge in [0.2, 0.25) is 5.95 Å². The average Bonchev–Trinajstić information content (AvgIpc) is 3.17. The summed E-state index contributed by atoms with van der Waals surface area (Å²) in [7, 11) is 0. The van der Waals surface area contributed by atoms with Crippen LogP contribution < -0.4 is 16.5 Å². The van der Waals surface area contributed by atoms with E-state index in [9.17, 15) is 4.39 Å². The van der Waals surface area contributed by atoms with E-state index >= 15 is 0 Å². The van der Waals surface area contributed by atoms with Crippen LogP contribution in [0.4, 0.5) is 21.8 Å². The number of anilines is 3. The number of aromatic nitrogens is 3. The van der Waals surface area contributed by atoms with Gasteiger partial charge in [-0.3, -0.25) is 9.69 Å². The summed E-state index contributed by atoms with van der Waals surface area (Å²) in [5, 5.41) is 3.77. The van der Waals surface area contributed by atoms with Crippen molar-refractivity contribution < 1.29 is 4.39 Å². The molecule has 0 aliphatic heterocycles. The summed E-state index contributed by atoms with van der Waals surface area (Å²) in [6.45, 7) is 0.599. The van der Waals surface area contributed by atoms with Crippen molar-refractivity contribution in [1.29, 1.82) is 0 Å². The number of halogens is 1. The number of hydrogen-bond donors (Lipinski definition) is 2. The fraction of sp³-hybridized carbons (Fsp3) is 0.0435. The molecule has 0 atom stereocenters. The number of fused-ring (bicyclic) bond motifs is 3. The molecular weight excluding hydrogens is 379 g/mol. The number of nitrogen functional groups attached to an aromatic ring is 2. The predicted octanol–water partition coefficient (Wildman–Crippen LogP) is 4.36. The second-order valence-electron chi connectivity index (χ2n) is 7.04. The van der Waals surface area contributed by atoms with Crippen molar-refractivity contribution >= 4 is 39.3 Å². The van der Waals surface area contributed by atoms with E-state index in [1.165, 1.54) is 12.1 Å². The highest BCUT2D eigenvalue weighted by Gasteiger charge is 2.16. The van der Waals surface area contributed by atoms with Gasteiger partial charge in [-0.25, -0.2) is 9.37 Å². The minimum atomic E-state index is -0.274. The van der Waals surface area contributed by atoms with Gasteiger partial charge in [0.1, 0.15) is 11.6 Å². The van der Waals surface area contributed by atoms with Crippen LogP contribution >= 0.6 is 0 Å². The van der Waals surface area contributed by atoms with Gasteiger partial charge in [0, 0.05) is 11.6 Å². The van der Waals surface area contributed by atoms with Crippen molar-refractivity contribution in [3.63, 3.8) is 0 Å². The highest BCUT2D eigenvalue weighted by atomic mass is 19.1. The molecule has 0 saturated carbocycles. The third-order valence-electron chi connectivity index (χ3n) is 5.12. The summed E-state index contributed by atoms with van der Waals surface area (Å²) >= 11 is 0. The molecule has 5 aromatic rings. The largest absolute Gasteiger partial charge is 0.383 e. The maximum absolute atomic E-state index is 13.6. The Morgan fingerprint density at radius 2 is 1.63 bits per heavy atom. The molecule has 2 aromatic heterocycles. The molecule has 0 unspecified atom stereocenters.